The van der Waals surface area contributed by atoms with E-state index in [2.05, 4.69) is 0 Å². The van der Waals surface area contributed by atoms with Crippen molar-refractivity contribution in [1.82, 2.24) is 4.90 Å². The molecular weight excluding hydrogens is 184 g/mol. The molecule has 3 heteroatoms. The first-order chi connectivity index (χ1) is 6.73. The van der Waals surface area contributed by atoms with Gasteiger partial charge in [-0.05, 0) is 25.0 Å². The van der Waals surface area contributed by atoms with Gasteiger partial charge in [0.15, 0.2) is 6.17 Å². The second kappa shape index (κ2) is 3.81. The van der Waals surface area contributed by atoms with Crippen molar-refractivity contribution in [3.63, 3.8) is 0 Å². The Bertz CT molecular complexity index is 256. The molecule has 2 atom stereocenters. The average Bonchev–Trinajstić information content (AvgIpc) is 2.24. The quantitative estimate of drug-likeness (QED) is 0.587. The highest BCUT2D eigenvalue weighted by molar-refractivity contribution is 5.22. The van der Waals surface area contributed by atoms with Crippen molar-refractivity contribution in [2.24, 2.45) is 0 Å². The summed E-state index contributed by atoms with van der Waals surface area (Å²) in [5.74, 6) is -1.89. The predicted molar refractivity (Wildman–Crippen MR) is 52.4 cm³/mol. The molecule has 0 bridgehead atoms. The number of allylic oxidation sites excluding steroid dienone is 2. The minimum Gasteiger partial charge on any atom is -0.265 e. The molecule has 2 aliphatic rings. The highest BCUT2D eigenvalue weighted by Crippen LogP contribution is 2.32. The van der Waals surface area contributed by atoms with Crippen LogP contribution in [0.1, 0.15) is 19.3 Å². The summed E-state index contributed by atoms with van der Waals surface area (Å²) in [6, 6.07) is 0. The van der Waals surface area contributed by atoms with E-state index in [4.69, 9.17) is 0 Å². The van der Waals surface area contributed by atoms with Gasteiger partial charge in [-0.15, -0.1) is 0 Å². The molecule has 2 unspecified atom stereocenters. The summed E-state index contributed by atoms with van der Waals surface area (Å²) >= 11 is 0. The van der Waals surface area contributed by atoms with Gasteiger partial charge in [0.2, 0.25) is 5.79 Å². The molecule has 1 fully saturated rings. The zero-order chi connectivity index (χ0) is 10.0. The van der Waals surface area contributed by atoms with Gasteiger partial charge in [0.1, 0.15) is 0 Å². The van der Waals surface area contributed by atoms with Crippen LogP contribution in [0.15, 0.2) is 24.3 Å². The zero-order valence-corrected chi connectivity index (χ0v) is 8.13. The van der Waals surface area contributed by atoms with Crippen LogP contribution in [-0.4, -0.2) is 30.0 Å². The van der Waals surface area contributed by atoms with Crippen LogP contribution in [0.2, 0.25) is 0 Å². The largest absolute Gasteiger partial charge is 0.265 e. The summed E-state index contributed by atoms with van der Waals surface area (Å²) < 4.78 is 27.7. The minimum absolute atomic E-state index is 0.662. The van der Waals surface area contributed by atoms with Gasteiger partial charge >= 0.3 is 0 Å². The summed E-state index contributed by atoms with van der Waals surface area (Å²) in [5, 5.41) is 0. The first kappa shape index (κ1) is 9.84. The van der Waals surface area contributed by atoms with Crippen LogP contribution in [0.25, 0.3) is 0 Å². The molecule has 0 saturated carbocycles. The molecule has 0 amide bonds. The van der Waals surface area contributed by atoms with Gasteiger partial charge < -0.3 is 0 Å². The molecule has 1 aliphatic carbocycles. The molecule has 0 N–H and O–H groups in total. The SMILES string of the molecule is FC1C=CC=CC1(F)N1CCCCC1. The van der Waals surface area contributed by atoms with Crippen LogP contribution in [0.5, 0.6) is 0 Å². The Morgan fingerprint density at radius 1 is 1.14 bits per heavy atom. The summed E-state index contributed by atoms with van der Waals surface area (Å²) in [7, 11) is 0. The third-order valence-corrected chi connectivity index (χ3v) is 2.95. The van der Waals surface area contributed by atoms with Crippen molar-refractivity contribution in [2.45, 2.75) is 31.2 Å². The normalized spacial score (nSPS) is 38.9. The fraction of sp³-hybridized carbons (Fsp3) is 0.636. The van der Waals surface area contributed by atoms with E-state index in [1.165, 1.54) is 12.2 Å². The minimum atomic E-state index is -1.89. The van der Waals surface area contributed by atoms with E-state index in [1.54, 1.807) is 17.1 Å². The fourth-order valence-electron chi connectivity index (χ4n) is 2.10. The van der Waals surface area contributed by atoms with Crippen molar-refractivity contribution in [2.75, 3.05) is 13.1 Å². The van der Waals surface area contributed by atoms with Gasteiger partial charge in [0.05, 0.1) is 0 Å². The lowest BCUT2D eigenvalue weighted by molar-refractivity contribution is -0.0489. The number of hydrogen-bond acceptors (Lipinski definition) is 1. The number of nitrogens with zero attached hydrogens (tertiary/aromatic N) is 1. The highest BCUT2D eigenvalue weighted by Gasteiger charge is 2.42. The first-order valence-electron chi connectivity index (χ1n) is 5.17. The summed E-state index contributed by atoms with van der Waals surface area (Å²) in [6.45, 7) is 1.32. The molecule has 2 rings (SSSR count). The van der Waals surface area contributed by atoms with Crippen LogP contribution in [0.3, 0.4) is 0 Å². The summed E-state index contributed by atoms with van der Waals surface area (Å²) in [4.78, 5) is 1.61. The Kier molecular flexibility index (Phi) is 2.68. The molecule has 78 valence electrons. The Labute approximate surface area is 83.1 Å². The van der Waals surface area contributed by atoms with Crippen LogP contribution in [0, 0.1) is 0 Å². The first-order valence-corrected chi connectivity index (χ1v) is 5.17. The lowest BCUT2D eigenvalue weighted by atomic mass is 9.99. The number of piperidine rings is 1. The molecule has 0 spiro atoms. The third-order valence-electron chi connectivity index (χ3n) is 2.95. The Hall–Kier alpha value is -0.700. The second-order valence-electron chi connectivity index (χ2n) is 3.92. The van der Waals surface area contributed by atoms with Gasteiger partial charge in [-0.1, -0.05) is 18.6 Å². The smallest absolute Gasteiger partial charge is 0.218 e. The topological polar surface area (TPSA) is 3.24 Å². The van der Waals surface area contributed by atoms with Crippen molar-refractivity contribution in [1.29, 1.82) is 0 Å². The van der Waals surface area contributed by atoms with Crippen molar-refractivity contribution < 1.29 is 8.78 Å². The van der Waals surface area contributed by atoms with Gasteiger partial charge in [-0.3, -0.25) is 4.90 Å². The average molecular weight is 199 g/mol. The zero-order valence-electron chi connectivity index (χ0n) is 8.13. The maximum absolute atomic E-state index is 14.3. The standard InChI is InChI=1S/C11H15F2N/c12-10-6-2-3-7-11(10,13)14-8-4-1-5-9-14/h2-3,6-7,10H,1,4-5,8-9H2. The molecule has 1 heterocycles. The predicted octanol–water partition coefficient (Wildman–Crippen LogP) is 2.60. The van der Waals surface area contributed by atoms with E-state index in [0.29, 0.717) is 13.1 Å². The molecule has 1 saturated heterocycles. The van der Waals surface area contributed by atoms with Crippen LogP contribution < -0.4 is 0 Å². The van der Waals surface area contributed by atoms with E-state index in [9.17, 15) is 8.78 Å². The molecule has 0 radical (unpaired) electrons. The van der Waals surface area contributed by atoms with Gasteiger partial charge in [0.25, 0.3) is 0 Å². The summed E-state index contributed by atoms with van der Waals surface area (Å²) in [6.07, 6.45) is 7.31. The third kappa shape index (κ3) is 1.61. The molecule has 1 nitrogen and oxygen atoms in total. The van der Waals surface area contributed by atoms with Crippen molar-refractivity contribution in [3.05, 3.63) is 24.3 Å². The Morgan fingerprint density at radius 3 is 2.50 bits per heavy atom. The van der Waals surface area contributed by atoms with Crippen molar-refractivity contribution in [3.8, 4) is 0 Å². The summed E-state index contributed by atoms with van der Waals surface area (Å²) in [5.41, 5.74) is 0. The number of halogens is 2. The lowest BCUT2D eigenvalue weighted by Gasteiger charge is -2.39. The van der Waals surface area contributed by atoms with Gasteiger partial charge in [0, 0.05) is 13.1 Å². The Morgan fingerprint density at radius 2 is 1.86 bits per heavy atom. The lowest BCUT2D eigenvalue weighted by Crippen LogP contribution is -2.52. The van der Waals surface area contributed by atoms with Crippen LogP contribution >= 0.6 is 0 Å². The number of likely N-dealkylation sites (tertiary alicyclic amines) is 1. The number of hydrogen-bond donors (Lipinski definition) is 0. The maximum Gasteiger partial charge on any atom is 0.218 e. The highest BCUT2D eigenvalue weighted by atomic mass is 19.2. The van der Waals surface area contributed by atoms with Crippen LogP contribution in [0.4, 0.5) is 8.78 Å². The van der Waals surface area contributed by atoms with E-state index < -0.39 is 12.0 Å². The van der Waals surface area contributed by atoms with E-state index >= 15 is 0 Å². The Balaban J connectivity index is 2.13. The number of rotatable bonds is 1. The molecule has 0 aromatic rings. The van der Waals surface area contributed by atoms with Crippen LogP contribution in [-0.2, 0) is 0 Å². The molecule has 14 heavy (non-hydrogen) atoms. The maximum atomic E-state index is 14.3. The molecule has 0 aromatic carbocycles. The van der Waals surface area contributed by atoms with E-state index in [0.717, 1.165) is 19.3 Å². The second-order valence-corrected chi connectivity index (χ2v) is 3.92. The van der Waals surface area contributed by atoms with Gasteiger partial charge in [-0.2, -0.15) is 0 Å². The van der Waals surface area contributed by atoms with E-state index in [1.807, 2.05) is 0 Å². The molecular formula is C11H15F2N. The van der Waals surface area contributed by atoms with E-state index in [-0.39, 0.29) is 0 Å². The molecule has 0 aromatic heterocycles. The molecule has 1 aliphatic heterocycles. The fourth-order valence-corrected chi connectivity index (χ4v) is 2.10. The van der Waals surface area contributed by atoms with Gasteiger partial charge in [-0.25, -0.2) is 8.78 Å². The number of alkyl halides is 2. The van der Waals surface area contributed by atoms with Crippen molar-refractivity contribution >= 4 is 0 Å². The monoisotopic (exact) mass is 199 g/mol.